The maximum absolute atomic E-state index is 12.5. The van der Waals surface area contributed by atoms with E-state index < -0.39 is 9.84 Å². The Bertz CT molecular complexity index is 1140. The fraction of sp³-hybridized carbons (Fsp3) is 0.350. The number of carbonyl (C=O) groups excluding carboxylic acids is 1. The van der Waals surface area contributed by atoms with Crippen molar-refractivity contribution < 1.29 is 13.2 Å². The Morgan fingerprint density at radius 2 is 1.87 bits per heavy atom. The molecule has 31 heavy (non-hydrogen) atoms. The second-order valence-corrected chi connectivity index (χ2v) is 9.54. The van der Waals surface area contributed by atoms with Gasteiger partial charge in [-0.15, -0.1) is 5.10 Å². The number of pyridine rings is 1. The summed E-state index contributed by atoms with van der Waals surface area (Å²) < 4.78 is 24.9. The quantitative estimate of drug-likeness (QED) is 0.607. The molecule has 11 heteroatoms. The van der Waals surface area contributed by atoms with Gasteiger partial charge in [-0.1, -0.05) is 6.07 Å². The van der Waals surface area contributed by atoms with Crippen molar-refractivity contribution in [2.45, 2.75) is 24.3 Å². The van der Waals surface area contributed by atoms with Crippen LogP contribution < -0.4 is 5.32 Å². The van der Waals surface area contributed by atoms with Crippen LogP contribution in [0.3, 0.4) is 0 Å². The van der Waals surface area contributed by atoms with Gasteiger partial charge in [0.15, 0.2) is 15.7 Å². The van der Waals surface area contributed by atoms with E-state index in [-0.39, 0.29) is 16.7 Å². The van der Waals surface area contributed by atoms with Crippen molar-refractivity contribution in [1.29, 1.82) is 0 Å². The molecule has 0 atom stereocenters. The normalized spacial score (nSPS) is 15.6. The first-order valence-electron chi connectivity index (χ1n) is 9.92. The first-order chi connectivity index (χ1) is 14.9. The van der Waals surface area contributed by atoms with E-state index in [9.17, 15) is 13.2 Å². The summed E-state index contributed by atoms with van der Waals surface area (Å²) in [5, 5.41) is 14.8. The maximum Gasteiger partial charge on any atom is 0.228 e. The Morgan fingerprint density at radius 3 is 2.52 bits per heavy atom. The van der Waals surface area contributed by atoms with Gasteiger partial charge in [0.05, 0.1) is 17.1 Å². The summed E-state index contributed by atoms with van der Waals surface area (Å²) in [6.07, 6.45) is 4.30. The molecule has 0 spiro atoms. The number of sulfone groups is 1. The highest BCUT2D eigenvalue weighted by Gasteiger charge is 2.26. The molecule has 10 nitrogen and oxygen atoms in total. The molecule has 1 fully saturated rings. The predicted octanol–water partition coefficient (Wildman–Crippen LogP) is 1.31. The molecule has 0 bridgehead atoms. The first-order valence-corrected chi connectivity index (χ1v) is 11.8. The van der Waals surface area contributed by atoms with Crippen molar-refractivity contribution >= 4 is 21.6 Å². The molecule has 1 N–H and O–H groups in total. The molecule has 0 unspecified atom stereocenters. The summed E-state index contributed by atoms with van der Waals surface area (Å²) in [5.41, 5.74) is 0.692. The van der Waals surface area contributed by atoms with Crippen molar-refractivity contribution in [1.82, 2.24) is 30.1 Å². The molecule has 0 saturated carbocycles. The van der Waals surface area contributed by atoms with E-state index in [0.29, 0.717) is 23.9 Å². The number of hydrogen-bond donors (Lipinski definition) is 1. The van der Waals surface area contributed by atoms with Crippen LogP contribution in [-0.4, -0.2) is 63.8 Å². The highest BCUT2D eigenvalue weighted by atomic mass is 32.2. The Kier molecular flexibility index (Phi) is 6.05. The second kappa shape index (κ2) is 8.90. The Labute approximate surface area is 180 Å². The number of anilines is 1. The minimum atomic E-state index is -3.26. The summed E-state index contributed by atoms with van der Waals surface area (Å²) in [5.74, 6) is 1.16. The molecule has 3 aromatic rings. The van der Waals surface area contributed by atoms with Gasteiger partial charge >= 0.3 is 0 Å². The van der Waals surface area contributed by atoms with Crippen LogP contribution in [-0.2, 0) is 21.2 Å². The van der Waals surface area contributed by atoms with Crippen LogP contribution >= 0.6 is 0 Å². The van der Waals surface area contributed by atoms with Gasteiger partial charge in [-0.2, -0.15) is 4.68 Å². The molecular formula is C20H23N7O3S. The lowest BCUT2D eigenvalue weighted by molar-refractivity contribution is -0.121. The number of hydrogen-bond acceptors (Lipinski definition) is 8. The molecule has 1 aliphatic rings. The van der Waals surface area contributed by atoms with Crippen LogP contribution in [0, 0.1) is 5.92 Å². The molecule has 162 valence electrons. The molecule has 1 aromatic carbocycles. The summed E-state index contributed by atoms with van der Waals surface area (Å²) in [7, 11) is -3.26. The van der Waals surface area contributed by atoms with Crippen molar-refractivity contribution in [3.05, 3.63) is 54.5 Å². The summed E-state index contributed by atoms with van der Waals surface area (Å²) in [6.45, 7) is 2.04. The number of aromatic nitrogens is 5. The summed E-state index contributed by atoms with van der Waals surface area (Å²) in [6, 6.07) is 11.9. The predicted molar refractivity (Wildman–Crippen MR) is 113 cm³/mol. The van der Waals surface area contributed by atoms with Crippen molar-refractivity contribution in [3.63, 3.8) is 0 Å². The summed E-state index contributed by atoms with van der Waals surface area (Å²) >= 11 is 0. The third kappa shape index (κ3) is 5.12. The number of carbonyl (C=O) groups is 1. The average Bonchev–Trinajstić information content (AvgIpc) is 3.22. The Morgan fingerprint density at radius 1 is 1.13 bits per heavy atom. The van der Waals surface area contributed by atoms with Crippen LogP contribution in [0.1, 0.15) is 18.7 Å². The first kappa shape index (κ1) is 21.1. The highest BCUT2D eigenvalue weighted by Crippen LogP contribution is 2.21. The lowest BCUT2D eigenvalue weighted by Gasteiger charge is -2.30. The van der Waals surface area contributed by atoms with Gasteiger partial charge in [0.1, 0.15) is 5.82 Å². The van der Waals surface area contributed by atoms with Crippen LogP contribution in [0.2, 0.25) is 0 Å². The second-order valence-electron chi connectivity index (χ2n) is 7.53. The average molecular weight is 442 g/mol. The Hall–Kier alpha value is -3.18. The third-order valence-corrected chi connectivity index (χ3v) is 6.41. The number of rotatable bonds is 6. The maximum atomic E-state index is 12.5. The lowest BCUT2D eigenvalue weighted by atomic mass is 9.96. The molecule has 2 aromatic heterocycles. The van der Waals surface area contributed by atoms with Crippen LogP contribution in [0.25, 0.3) is 5.69 Å². The third-order valence-electron chi connectivity index (χ3n) is 5.28. The van der Waals surface area contributed by atoms with E-state index in [1.807, 2.05) is 12.1 Å². The van der Waals surface area contributed by atoms with Gasteiger partial charge in [-0.05, 0) is 72.8 Å². The SMILES string of the molecule is CS(=O)(=O)c1ccc(-n2nnnc2CN2CCC(C(=O)Nc3ccccn3)CC2)cc1. The van der Waals surface area contributed by atoms with Crippen LogP contribution in [0.5, 0.6) is 0 Å². The van der Waals surface area contributed by atoms with Gasteiger partial charge in [-0.3, -0.25) is 9.69 Å². The van der Waals surface area contributed by atoms with Crippen molar-refractivity contribution in [3.8, 4) is 5.69 Å². The van der Waals surface area contributed by atoms with E-state index >= 15 is 0 Å². The van der Waals surface area contributed by atoms with E-state index in [1.165, 1.54) is 6.26 Å². The number of tetrazole rings is 1. The molecule has 1 aliphatic heterocycles. The zero-order valence-electron chi connectivity index (χ0n) is 17.0. The smallest absolute Gasteiger partial charge is 0.228 e. The fourth-order valence-electron chi connectivity index (χ4n) is 3.56. The number of nitrogens with one attached hydrogen (secondary N) is 1. The fourth-order valence-corrected chi connectivity index (χ4v) is 4.19. The zero-order valence-corrected chi connectivity index (χ0v) is 17.9. The number of nitrogens with zero attached hydrogens (tertiary/aromatic N) is 6. The molecule has 0 radical (unpaired) electrons. The zero-order chi connectivity index (χ0) is 21.8. The topological polar surface area (TPSA) is 123 Å². The number of benzene rings is 1. The monoisotopic (exact) mass is 441 g/mol. The van der Waals surface area contributed by atoms with E-state index in [4.69, 9.17) is 0 Å². The summed E-state index contributed by atoms with van der Waals surface area (Å²) in [4.78, 5) is 19.1. The van der Waals surface area contributed by atoms with Crippen molar-refractivity contribution in [2.24, 2.45) is 5.92 Å². The molecule has 3 heterocycles. The van der Waals surface area contributed by atoms with E-state index in [1.54, 1.807) is 41.2 Å². The number of amides is 1. The van der Waals surface area contributed by atoms with E-state index in [2.05, 4.69) is 30.7 Å². The molecule has 4 rings (SSSR count). The Balaban J connectivity index is 1.35. The molecular weight excluding hydrogens is 418 g/mol. The van der Waals surface area contributed by atoms with Crippen molar-refractivity contribution in [2.75, 3.05) is 24.7 Å². The number of piperidine rings is 1. The number of likely N-dealkylation sites (tertiary alicyclic amines) is 1. The largest absolute Gasteiger partial charge is 0.310 e. The molecule has 1 amide bonds. The van der Waals surface area contributed by atoms with Gasteiger partial charge < -0.3 is 5.32 Å². The molecule has 0 aliphatic carbocycles. The van der Waals surface area contributed by atoms with E-state index in [0.717, 1.165) is 25.9 Å². The minimum absolute atomic E-state index is 0.00542. The highest BCUT2D eigenvalue weighted by molar-refractivity contribution is 7.90. The molecule has 1 saturated heterocycles. The van der Waals surface area contributed by atoms with Gasteiger partial charge in [0.2, 0.25) is 5.91 Å². The van der Waals surface area contributed by atoms with Gasteiger partial charge in [0.25, 0.3) is 0 Å². The van der Waals surface area contributed by atoms with Crippen LogP contribution in [0.4, 0.5) is 5.82 Å². The van der Waals surface area contributed by atoms with Gasteiger partial charge in [0, 0.05) is 18.4 Å². The van der Waals surface area contributed by atoms with Crippen LogP contribution in [0.15, 0.2) is 53.6 Å². The minimum Gasteiger partial charge on any atom is -0.310 e. The standard InChI is InChI=1S/C20H23N7O3S/c1-31(29,30)17-7-5-16(6-8-17)27-19(23-24-25-27)14-26-12-9-15(10-13-26)20(28)22-18-4-2-3-11-21-18/h2-8,11,15H,9-10,12-14H2,1H3,(H,21,22,28). The lowest BCUT2D eigenvalue weighted by Crippen LogP contribution is -2.38. The van der Waals surface area contributed by atoms with Gasteiger partial charge in [-0.25, -0.2) is 13.4 Å².